The Labute approximate surface area is 196 Å². The summed E-state index contributed by atoms with van der Waals surface area (Å²) < 4.78 is 0. The Morgan fingerprint density at radius 1 is 1.00 bits per heavy atom. The maximum absolute atomic E-state index is 13.1. The first-order valence-corrected chi connectivity index (χ1v) is 11.9. The molecule has 1 atom stereocenters. The van der Waals surface area contributed by atoms with Crippen LogP contribution >= 0.6 is 11.8 Å². The molecule has 3 aromatic rings. The molecule has 32 heavy (non-hydrogen) atoms. The van der Waals surface area contributed by atoms with E-state index in [1.807, 2.05) is 48.3 Å². The topological polar surface area (TPSA) is 54.0 Å². The van der Waals surface area contributed by atoms with Crippen molar-refractivity contribution in [1.82, 2.24) is 10.3 Å². The molecule has 5 heteroatoms. The number of hydrogen-bond acceptors (Lipinski definition) is 3. The van der Waals surface area contributed by atoms with Crippen LogP contribution in [0.15, 0.2) is 71.9 Å². The molecular formula is C27H33N3OS. The van der Waals surface area contributed by atoms with Gasteiger partial charge in [0.25, 0.3) is 0 Å². The van der Waals surface area contributed by atoms with Crippen molar-refractivity contribution >= 4 is 23.5 Å². The van der Waals surface area contributed by atoms with Gasteiger partial charge in [-0.2, -0.15) is 0 Å². The summed E-state index contributed by atoms with van der Waals surface area (Å²) in [4.78, 5) is 18.5. The second-order valence-electron chi connectivity index (χ2n) is 9.37. The summed E-state index contributed by atoms with van der Waals surface area (Å²) in [6.45, 7) is 12.8. The second kappa shape index (κ2) is 10.2. The van der Waals surface area contributed by atoms with Crippen molar-refractivity contribution in [2.24, 2.45) is 5.41 Å². The fraction of sp³-hybridized carbons (Fsp3) is 0.333. The maximum atomic E-state index is 13.1. The molecule has 2 amide bonds. The number of nitrogens with one attached hydrogen (secondary N) is 2. The number of aryl methyl sites for hydroxylation is 1. The van der Waals surface area contributed by atoms with Crippen LogP contribution in [0.2, 0.25) is 0 Å². The van der Waals surface area contributed by atoms with Gasteiger partial charge in [-0.05, 0) is 53.3 Å². The molecule has 0 aliphatic carbocycles. The van der Waals surface area contributed by atoms with E-state index in [0.717, 1.165) is 22.4 Å². The van der Waals surface area contributed by atoms with Gasteiger partial charge in [0.15, 0.2) is 0 Å². The fourth-order valence-electron chi connectivity index (χ4n) is 3.71. The largest absolute Gasteiger partial charge is 0.330 e. The third kappa shape index (κ3) is 6.13. The van der Waals surface area contributed by atoms with Crippen LogP contribution in [-0.2, 0) is 0 Å². The summed E-state index contributed by atoms with van der Waals surface area (Å²) in [6.07, 6.45) is 3.56. The third-order valence-electron chi connectivity index (χ3n) is 5.21. The van der Waals surface area contributed by atoms with Gasteiger partial charge in [0.05, 0.1) is 11.7 Å². The highest BCUT2D eigenvalue weighted by Crippen LogP contribution is 2.36. The van der Waals surface area contributed by atoms with Crippen molar-refractivity contribution < 1.29 is 4.79 Å². The highest BCUT2D eigenvalue weighted by molar-refractivity contribution is 7.99. The highest BCUT2D eigenvalue weighted by atomic mass is 32.2. The van der Waals surface area contributed by atoms with Crippen LogP contribution in [0.25, 0.3) is 11.1 Å². The zero-order chi connectivity index (χ0) is 23.3. The monoisotopic (exact) mass is 447 g/mol. The van der Waals surface area contributed by atoms with E-state index in [1.54, 1.807) is 6.20 Å². The van der Waals surface area contributed by atoms with Gasteiger partial charge < -0.3 is 10.6 Å². The number of thioether (sulfide) groups is 1. The standard InChI is InChI=1S/C27H33N3OS/c1-18(2)32-21-13-14-24(23(16-21)22-12-8-7-10-19(22)3)29-26(31)30-25(27(4,5)6)20-11-9-15-28-17-20/h7-18,25H,1-6H3,(H2,29,30,31). The van der Waals surface area contributed by atoms with Crippen LogP contribution < -0.4 is 10.6 Å². The van der Waals surface area contributed by atoms with Gasteiger partial charge in [-0.15, -0.1) is 11.8 Å². The maximum Gasteiger partial charge on any atom is 0.319 e. The average Bonchev–Trinajstić information content (AvgIpc) is 2.73. The lowest BCUT2D eigenvalue weighted by Crippen LogP contribution is -2.39. The van der Waals surface area contributed by atoms with Crippen LogP contribution in [0.1, 0.15) is 51.8 Å². The molecule has 0 saturated heterocycles. The molecule has 4 nitrogen and oxygen atoms in total. The van der Waals surface area contributed by atoms with Gasteiger partial charge >= 0.3 is 6.03 Å². The summed E-state index contributed by atoms with van der Waals surface area (Å²) >= 11 is 1.82. The number of carbonyl (C=O) groups excluding carboxylic acids is 1. The Morgan fingerprint density at radius 2 is 1.75 bits per heavy atom. The predicted octanol–water partition coefficient (Wildman–Crippen LogP) is 7.47. The lowest BCUT2D eigenvalue weighted by molar-refractivity contribution is 0.229. The molecule has 0 aliphatic heterocycles. The molecule has 168 valence electrons. The Hall–Kier alpha value is -2.79. The summed E-state index contributed by atoms with van der Waals surface area (Å²) in [5.41, 5.74) is 4.93. The van der Waals surface area contributed by atoms with E-state index in [-0.39, 0.29) is 17.5 Å². The number of benzene rings is 2. The summed E-state index contributed by atoms with van der Waals surface area (Å²) in [5, 5.41) is 6.76. The number of nitrogens with zero attached hydrogens (tertiary/aromatic N) is 1. The summed E-state index contributed by atoms with van der Waals surface area (Å²) in [5.74, 6) is 0. The Morgan fingerprint density at radius 3 is 2.38 bits per heavy atom. The Balaban J connectivity index is 1.92. The predicted molar refractivity (Wildman–Crippen MR) is 136 cm³/mol. The normalized spacial score (nSPS) is 12.5. The minimum atomic E-state index is -0.229. The third-order valence-corrected chi connectivity index (χ3v) is 6.20. The molecule has 0 aliphatic rings. The quantitative estimate of drug-likeness (QED) is 0.385. The van der Waals surface area contributed by atoms with E-state index in [2.05, 4.69) is 81.4 Å². The first kappa shape index (κ1) is 23.9. The minimum Gasteiger partial charge on any atom is -0.330 e. The summed E-state index contributed by atoms with van der Waals surface area (Å²) in [7, 11) is 0. The number of hydrogen-bond donors (Lipinski definition) is 2. The van der Waals surface area contributed by atoms with Gasteiger partial charge in [-0.1, -0.05) is 65.0 Å². The van der Waals surface area contributed by atoms with E-state index in [4.69, 9.17) is 0 Å². The number of pyridine rings is 1. The Kier molecular flexibility index (Phi) is 7.62. The van der Waals surface area contributed by atoms with Gasteiger partial charge in [0, 0.05) is 28.1 Å². The SMILES string of the molecule is Cc1ccccc1-c1cc(SC(C)C)ccc1NC(=O)NC(c1cccnc1)C(C)(C)C. The number of aromatic nitrogens is 1. The zero-order valence-electron chi connectivity index (χ0n) is 19.8. The lowest BCUT2D eigenvalue weighted by atomic mass is 9.83. The van der Waals surface area contributed by atoms with Crippen LogP contribution in [-0.4, -0.2) is 16.3 Å². The van der Waals surface area contributed by atoms with E-state index in [1.165, 1.54) is 10.5 Å². The zero-order valence-corrected chi connectivity index (χ0v) is 20.6. The van der Waals surface area contributed by atoms with Crippen molar-refractivity contribution in [2.75, 3.05) is 5.32 Å². The molecule has 0 fully saturated rings. The highest BCUT2D eigenvalue weighted by Gasteiger charge is 2.28. The second-order valence-corrected chi connectivity index (χ2v) is 11.0. The number of rotatable bonds is 6. The first-order chi connectivity index (χ1) is 15.1. The van der Waals surface area contributed by atoms with Gasteiger partial charge in [-0.3, -0.25) is 4.98 Å². The van der Waals surface area contributed by atoms with Gasteiger partial charge in [0.1, 0.15) is 0 Å². The van der Waals surface area contributed by atoms with Gasteiger partial charge in [0.2, 0.25) is 0 Å². The van der Waals surface area contributed by atoms with E-state index in [9.17, 15) is 4.79 Å². The fourth-order valence-corrected chi connectivity index (χ4v) is 4.59. The molecule has 1 unspecified atom stereocenters. The first-order valence-electron chi connectivity index (χ1n) is 11.0. The number of anilines is 1. The molecule has 0 spiro atoms. The molecule has 3 rings (SSSR count). The molecule has 0 saturated carbocycles. The van der Waals surface area contributed by atoms with Crippen LogP contribution in [0.4, 0.5) is 10.5 Å². The molecule has 1 heterocycles. The number of amides is 2. The molecule has 0 bridgehead atoms. The van der Waals surface area contributed by atoms with Crippen LogP contribution in [0, 0.1) is 12.3 Å². The smallest absolute Gasteiger partial charge is 0.319 e. The lowest BCUT2D eigenvalue weighted by Gasteiger charge is -2.31. The van der Waals surface area contributed by atoms with E-state index in [0.29, 0.717) is 5.25 Å². The molecule has 2 aromatic carbocycles. The average molecular weight is 448 g/mol. The van der Waals surface area contributed by atoms with Crippen molar-refractivity contribution in [1.29, 1.82) is 0 Å². The minimum absolute atomic E-state index is 0.170. The van der Waals surface area contributed by atoms with Crippen molar-refractivity contribution in [2.45, 2.75) is 57.7 Å². The van der Waals surface area contributed by atoms with Crippen molar-refractivity contribution in [3.05, 3.63) is 78.1 Å². The molecular weight excluding hydrogens is 414 g/mol. The Bertz CT molecular complexity index is 1060. The molecule has 0 radical (unpaired) electrons. The van der Waals surface area contributed by atoms with E-state index < -0.39 is 0 Å². The number of carbonyl (C=O) groups is 1. The van der Waals surface area contributed by atoms with Crippen molar-refractivity contribution in [3.63, 3.8) is 0 Å². The van der Waals surface area contributed by atoms with Gasteiger partial charge in [-0.25, -0.2) is 4.79 Å². The number of urea groups is 1. The molecule has 2 N–H and O–H groups in total. The van der Waals surface area contributed by atoms with Crippen molar-refractivity contribution in [3.8, 4) is 11.1 Å². The van der Waals surface area contributed by atoms with E-state index >= 15 is 0 Å². The molecule has 1 aromatic heterocycles. The van der Waals surface area contributed by atoms with Crippen LogP contribution in [0.3, 0.4) is 0 Å². The summed E-state index contributed by atoms with van der Waals surface area (Å²) in [6, 6.07) is 18.0. The van der Waals surface area contributed by atoms with Crippen LogP contribution in [0.5, 0.6) is 0 Å².